The Morgan fingerprint density at radius 3 is 2.38 bits per heavy atom. The maximum absolute atomic E-state index is 11.4. The predicted molar refractivity (Wildman–Crippen MR) is 53.9 cm³/mol. The third kappa shape index (κ3) is 1.84. The van der Waals surface area contributed by atoms with Gasteiger partial charge in [-0.1, -0.05) is 0 Å². The minimum absolute atomic E-state index is 0.107. The van der Waals surface area contributed by atoms with Crippen molar-refractivity contribution in [2.75, 3.05) is 6.79 Å². The van der Waals surface area contributed by atoms with Crippen LogP contribution in [0.15, 0.2) is 12.1 Å². The van der Waals surface area contributed by atoms with Crippen molar-refractivity contribution in [1.29, 1.82) is 0 Å². The normalized spacial score (nSPS) is 12.4. The first-order valence-corrected chi connectivity index (χ1v) is 4.71. The Labute approximate surface area is 91.9 Å². The Morgan fingerprint density at radius 1 is 1.19 bits per heavy atom. The Balaban J connectivity index is 2.48. The zero-order valence-electron chi connectivity index (χ0n) is 8.90. The molecule has 5 nitrogen and oxygen atoms in total. The SMILES string of the molecule is CC(=O)Oc1cc2c(cc1C(C)=O)OCO2. The van der Waals surface area contributed by atoms with E-state index in [0.29, 0.717) is 17.1 Å². The first kappa shape index (κ1) is 10.5. The zero-order chi connectivity index (χ0) is 11.7. The minimum atomic E-state index is -0.485. The van der Waals surface area contributed by atoms with Gasteiger partial charge in [0.2, 0.25) is 6.79 Å². The fourth-order valence-corrected chi connectivity index (χ4v) is 1.44. The van der Waals surface area contributed by atoms with Crippen LogP contribution in [0.3, 0.4) is 0 Å². The number of ether oxygens (including phenoxy) is 3. The summed E-state index contributed by atoms with van der Waals surface area (Å²) >= 11 is 0. The lowest BCUT2D eigenvalue weighted by Gasteiger charge is -2.07. The van der Waals surface area contributed by atoms with Crippen LogP contribution in [-0.4, -0.2) is 18.5 Å². The summed E-state index contributed by atoms with van der Waals surface area (Å²) in [4.78, 5) is 22.2. The Morgan fingerprint density at radius 2 is 1.81 bits per heavy atom. The molecule has 0 atom stereocenters. The molecule has 5 heteroatoms. The maximum atomic E-state index is 11.4. The molecule has 1 aliphatic heterocycles. The number of fused-ring (bicyclic) bond motifs is 1. The third-order valence-corrected chi connectivity index (χ3v) is 2.11. The molecule has 0 saturated heterocycles. The van der Waals surface area contributed by atoms with Gasteiger partial charge in [0.05, 0.1) is 5.56 Å². The maximum Gasteiger partial charge on any atom is 0.308 e. The first-order valence-electron chi connectivity index (χ1n) is 4.71. The summed E-state index contributed by atoms with van der Waals surface area (Å²) in [6, 6.07) is 3.00. The van der Waals surface area contributed by atoms with E-state index in [0.717, 1.165) is 0 Å². The second kappa shape index (κ2) is 3.84. The van der Waals surface area contributed by atoms with E-state index in [1.165, 1.54) is 26.0 Å². The van der Waals surface area contributed by atoms with Gasteiger partial charge in [-0.25, -0.2) is 0 Å². The number of benzene rings is 1. The van der Waals surface area contributed by atoms with Crippen LogP contribution >= 0.6 is 0 Å². The summed E-state index contributed by atoms with van der Waals surface area (Å²) in [6.45, 7) is 2.77. The van der Waals surface area contributed by atoms with Crippen LogP contribution in [-0.2, 0) is 4.79 Å². The van der Waals surface area contributed by atoms with Crippen LogP contribution in [0.4, 0.5) is 0 Å². The van der Waals surface area contributed by atoms with Crippen molar-refractivity contribution in [2.45, 2.75) is 13.8 Å². The number of carbonyl (C=O) groups is 2. The molecule has 1 aromatic rings. The summed E-state index contributed by atoms with van der Waals surface area (Å²) in [5.41, 5.74) is 0.305. The fraction of sp³-hybridized carbons (Fsp3) is 0.273. The molecule has 2 rings (SSSR count). The summed E-state index contributed by atoms with van der Waals surface area (Å²) in [5, 5.41) is 0. The van der Waals surface area contributed by atoms with Gasteiger partial charge in [-0.05, 0) is 13.0 Å². The molecular weight excluding hydrogens is 212 g/mol. The smallest absolute Gasteiger partial charge is 0.308 e. The highest BCUT2D eigenvalue weighted by Gasteiger charge is 2.20. The van der Waals surface area contributed by atoms with Gasteiger partial charge in [0.25, 0.3) is 0 Å². The van der Waals surface area contributed by atoms with E-state index in [1.807, 2.05) is 0 Å². The molecule has 84 valence electrons. The van der Waals surface area contributed by atoms with E-state index < -0.39 is 5.97 Å². The van der Waals surface area contributed by atoms with Crippen LogP contribution in [0, 0.1) is 0 Å². The van der Waals surface area contributed by atoms with Gasteiger partial charge < -0.3 is 14.2 Å². The molecule has 0 amide bonds. The highest BCUT2D eigenvalue weighted by molar-refractivity contribution is 5.98. The molecule has 0 fully saturated rings. The second-order valence-electron chi connectivity index (χ2n) is 3.35. The number of ketones is 1. The molecule has 1 aromatic carbocycles. The fourth-order valence-electron chi connectivity index (χ4n) is 1.44. The molecule has 1 aliphatic rings. The van der Waals surface area contributed by atoms with Gasteiger partial charge in [0, 0.05) is 13.0 Å². The molecule has 16 heavy (non-hydrogen) atoms. The Hall–Kier alpha value is -2.04. The molecule has 0 N–H and O–H groups in total. The first-order chi connectivity index (χ1) is 7.58. The van der Waals surface area contributed by atoms with Crippen LogP contribution in [0.25, 0.3) is 0 Å². The van der Waals surface area contributed by atoms with Crippen molar-refractivity contribution >= 4 is 11.8 Å². The summed E-state index contributed by atoms with van der Waals surface area (Å²) < 4.78 is 15.2. The molecule has 0 aromatic heterocycles. The zero-order valence-corrected chi connectivity index (χ0v) is 8.90. The Kier molecular flexibility index (Phi) is 2.52. The van der Waals surface area contributed by atoms with E-state index in [1.54, 1.807) is 0 Å². The molecule has 0 spiro atoms. The van der Waals surface area contributed by atoms with Crippen molar-refractivity contribution in [2.24, 2.45) is 0 Å². The lowest BCUT2D eigenvalue weighted by molar-refractivity contribution is -0.131. The standard InChI is InChI=1S/C11H10O5/c1-6(12)8-3-10-11(15-5-14-10)4-9(8)16-7(2)13/h3-4H,5H2,1-2H3. The van der Waals surface area contributed by atoms with E-state index in [4.69, 9.17) is 14.2 Å². The monoisotopic (exact) mass is 222 g/mol. The van der Waals surface area contributed by atoms with Crippen LogP contribution in [0.2, 0.25) is 0 Å². The molecule has 0 aliphatic carbocycles. The summed E-state index contributed by atoms with van der Waals surface area (Å²) in [6.07, 6.45) is 0. The van der Waals surface area contributed by atoms with Crippen molar-refractivity contribution in [3.63, 3.8) is 0 Å². The Bertz CT molecular complexity index is 464. The number of carbonyl (C=O) groups excluding carboxylic acids is 2. The molecular formula is C11H10O5. The second-order valence-corrected chi connectivity index (χ2v) is 3.35. The number of Topliss-reactive ketones (excluding diaryl/α,β-unsaturated/α-hetero) is 1. The highest BCUT2D eigenvalue weighted by Crippen LogP contribution is 2.38. The van der Waals surface area contributed by atoms with E-state index >= 15 is 0 Å². The lowest BCUT2D eigenvalue weighted by Crippen LogP contribution is -2.06. The number of esters is 1. The number of hydrogen-bond acceptors (Lipinski definition) is 5. The molecule has 0 bridgehead atoms. The van der Waals surface area contributed by atoms with Gasteiger partial charge in [-0.2, -0.15) is 0 Å². The van der Waals surface area contributed by atoms with Crippen LogP contribution in [0.5, 0.6) is 17.2 Å². The molecule has 0 unspecified atom stereocenters. The van der Waals surface area contributed by atoms with E-state index in [-0.39, 0.29) is 18.3 Å². The highest BCUT2D eigenvalue weighted by atomic mass is 16.7. The van der Waals surface area contributed by atoms with Gasteiger partial charge in [0.1, 0.15) is 5.75 Å². The number of hydrogen-bond donors (Lipinski definition) is 0. The largest absolute Gasteiger partial charge is 0.454 e. The number of rotatable bonds is 2. The van der Waals surface area contributed by atoms with Gasteiger partial charge in [-0.3, -0.25) is 9.59 Å². The molecule has 0 saturated carbocycles. The predicted octanol–water partition coefficient (Wildman–Crippen LogP) is 1.54. The average Bonchev–Trinajstić information content (AvgIpc) is 2.62. The van der Waals surface area contributed by atoms with Gasteiger partial charge in [-0.15, -0.1) is 0 Å². The molecule has 0 radical (unpaired) electrons. The summed E-state index contributed by atoms with van der Waals surface area (Å²) in [5.74, 6) is 0.475. The van der Waals surface area contributed by atoms with Crippen LogP contribution < -0.4 is 14.2 Å². The van der Waals surface area contributed by atoms with E-state index in [9.17, 15) is 9.59 Å². The van der Waals surface area contributed by atoms with Crippen LogP contribution in [0.1, 0.15) is 24.2 Å². The average molecular weight is 222 g/mol. The van der Waals surface area contributed by atoms with Crippen molar-refractivity contribution in [1.82, 2.24) is 0 Å². The minimum Gasteiger partial charge on any atom is -0.454 e. The van der Waals surface area contributed by atoms with Crippen molar-refractivity contribution < 1.29 is 23.8 Å². The molecule has 1 heterocycles. The van der Waals surface area contributed by atoms with E-state index in [2.05, 4.69) is 0 Å². The van der Waals surface area contributed by atoms with Crippen molar-refractivity contribution in [3.8, 4) is 17.2 Å². The lowest BCUT2D eigenvalue weighted by atomic mass is 10.1. The van der Waals surface area contributed by atoms with Gasteiger partial charge >= 0.3 is 5.97 Å². The van der Waals surface area contributed by atoms with Gasteiger partial charge in [0.15, 0.2) is 17.3 Å². The quantitative estimate of drug-likeness (QED) is 0.431. The summed E-state index contributed by atoms with van der Waals surface area (Å²) in [7, 11) is 0. The topological polar surface area (TPSA) is 61.8 Å². The third-order valence-electron chi connectivity index (χ3n) is 2.11. The van der Waals surface area contributed by atoms with Crippen molar-refractivity contribution in [3.05, 3.63) is 17.7 Å².